The Morgan fingerprint density at radius 1 is 0.953 bits per heavy atom. The summed E-state index contributed by atoms with van der Waals surface area (Å²) in [5, 5.41) is 14.6. The molecular weight excluding hydrogens is 831 g/mol. The van der Waals surface area contributed by atoms with Crippen molar-refractivity contribution < 1.29 is 66.9 Å². The number of aliphatic hydroxyl groups excluding tert-OH is 1. The fourth-order valence-electron chi connectivity index (χ4n) is 10.5. The smallest absolute Gasteiger partial charge is 0.472 e. The number of hydrogen-bond donors (Lipinski definition) is 2. The number of methoxy groups -OCH3 is 1. The topological polar surface area (TPSA) is 191 Å². The standard InChI is InChI=1S/C47H73N3O14/c1-14-33-47(10)38(62-44(54)64-47)29(6)49-40-25(2)23-46(9,63-40)37(60-42-35(51)32(50(11)12)22-26(3)56-42)27(4)36(28(5)41(52)58-33)59-34-24-45(8,55-13)39(30(7)57-34)61-43(53)48-21-20-31-18-16-15-17-19-31/h15-19,25-30,32-39,42,51H,14,20-24H2,1-13H3,(H,48,53)/t25-,26-,27+,28-,29-,30+,32+,33-,34+,35-,36+,37-,38-,39+,42+,45-,46-,47+/m1/s1. The molecule has 4 fully saturated rings. The number of nitrogens with zero attached hydrogens (tertiary/aromatic N) is 2. The third-order valence-corrected chi connectivity index (χ3v) is 14.1. The number of alkyl carbamates (subject to hydrolysis) is 1. The van der Waals surface area contributed by atoms with E-state index in [0.29, 0.717) is 38.1 Å². The number of hydrogen-bond acceptors (Lipinski definition) is 16. The lowest BCUT2D eigenvalue weighted by Gasteiger charge is -2.49. The minimum absolute atomic E-state index is 0.114. The van der Waals surface area contributed by atoms with Gasteiger partial charge in [0.15, 0.2) is 36.3 Å². The third kappa shape index (κ3) is 10.5. The minimum Gasteiger partial charge on any atom is -0.472 e. The molecule has 64 heavy (non-hydrogen) atoms. The summed E-state index contributed by atoms with van der Waals surface area (Å²) >= 11 is 0. The summed E-state index contributed by atoms with van der Waals surface area (Å²) in [6.07, 6.45) is -7.97. The lowest BCUT2D eigenvalue weighted by molar-refractivity contribution is -0.315. The number of esters is 1. The highest BCUT2D eigenvalue weighted by Crippen LogP contribution is 2.45. The van der Waals surface area contributed by atoms with Crippen LogP contribution in [0.5, 0.6) is 0 Å². The van der Waals surface area contributed by atoms with Gasteiger partial charge in [-0.25, -0.2) is 14.6 Å². The fraction of sp³-hybridized carbons (Fsp3) is 0.787. The molecule has 5 aliphatic rings. The highest BCUT2D eigenvalue weighted by Gasteiger charge is 2.59. The number of aliphatic hydroxyl groups is 1. The first-order valence-corrected chi connectivity index (χ1v) is 23.0. The van der Waals surface area contributed by atoms with Crippen molar-refractivity contribution >= 4 is 24.1 Å². The zero-order valence-electron chi connectivity index (χ0n) is 39.9. The van der Waals surface area contributed by atoms with E-state index in [1.807, 2.05) is 97.8 Å². The van der Waals surface area contributed by atoms with Crippen molar-refractivity contribution in [2.75, 3.05) is 27.7 Å². The molecule has 2 N–H and O–H groups in total. The van der Waals surface area contributed by atoms with Gasteiger partial charge in [0.2, 0.25) is 0 Å². The molecule has 6 rings (SSSR count). The van der Waals surface area contributed by atoms with Crippen molar-refractivity contribution in [3.8, 4) is 0 Å². The number of cyclic esters (lactones) is 1. The maximum absolute atomic E-state index is 14.7. The average Bonchev–Trinajstić information content (AvgIpc) is 3.72. The van der Waals surface area contributed by atoms with E-state index in [0.717, 1.165) is 5.56 Å². The summed E-state index contributed by atoms with van der Waals surface area (Å²) in [5.74, 6) is -2.03. The number of benzene rings is 1. The van der Waals surface area contributed by atoms with Gasteiger partial charge in [-0.15, -0.1) is 0 Å². The fourth-order valence-corrected chi connectivity index (χ4v) is 10.5. The first-order valence-electron chi connectivity index (χ1n) is 23.0. The number of amides is 1. The molecule has 0 spiro atoms. The Morgan fingerprint density at radius 2 is 1.66 bits per heavy atom. The summed E-state index contributed by atoms with van der Waals surface area (Å²) in [6.45, 7) is 18.8. The number of nitrogens with one attached hydrogen (secondary N) is 1. The lowest BCUT2D eigenvalue weighted by atomic mass is 9.79. The second-order valence-corrected chi connectivity index (χ2v) is 19.5. The van der Waals surface area contributed by atoms with Gasteiger partial charge in [0, 0.05) is 44.4 Å². The monoisotopic (exact) mass is 904 g/mol. The van der Waals surface area contributed by atoms with Gasteiger partial charge in [0.1, 0.15) is 29.5 Å². The van der Waals surface area contributed by atoms with Crippen LogP contribution in [0.4, 0.5) is 9.59 Å². The molecule has 1 aromatic carbocycles. The molecule has 0 saturated carbocycles. The molecule has 1 aromatic rings. The van der Waals surface area contributed by atoms with Crippen LogP contribution in [-0.4, -0.2) is 152 Å². The highest BCUT2D eigenvalue weighted by atomic mass is 16.8. The normalized spacial score (nSPS) is 42.9. The molecule has 0 aromatic heterocycles. The molecule has 0 radical (unpaired) electrons. The van der Waals surface area contributed by atoms with Crippen LogP contribution >= 0.6 is 0 Å². The van der Waals surface area contributed by atoms with Crippen molar-refractivity contribution in [3.05, 3.63) is 35.9 Å². The van der Waals surface area contributed by atoms with Gasteiger partial charge in [-0.1, -0.05) is 51.1 Å². The van der Waals surface area contributed by atoms with E-state index in [1.165, 1.54) is 0 Å². The Balaban J connectivity index is 1.34. The van der Waals surface area contributed by atoms with Crippen molar-refractivity contribution in [2.24, 2.45) is 22.7 Å². The molecule has 0 unspecified atom stereocenters. The van der Waals surface area contributed by atoms with Gasteiger partial charge in [0.05, 0.1) is 30.3 Å². The second-order valence-electron chi connectivity index (χ2n) is 19.5. The predicted molar refractivity (Wildman–Crippen MR) is 233 cm³/mol. The molecule has 17 nitrogen and oxygen atoms in total. The summed E-state index contributed by atoms with van der Waals surface area (Å²) < 4.78 is 63.7. The number of aliphatic imine (C=N–C) groups is 1. The van der Waals surface area contributed by atoms with Crippen LogP contribution in [0.15, 0.2) is 35.3 Å². The van der Waals surface area contributed by atoms with Gasteiger partial charge in [-0.05, 0) is 87.4 Å². The van der Waals surface area contributed by atoms with Gasteiger partial charge in [-0.3, -0.25) is 4.79 Å². The maximum atomic E-state index is 14.7. The Kier molecular flexibility index (Phi) is 15.7. The van der Waals surface area contributed by atoms with Crippen LogP contribution in [-0.2, 0) is 58.6 Å². The number of likely N-dealkylation sites (N-methyl/N-ethyl adjacent to an activating group) is 1. The van der Waals surface area contributed by atoms with Gasteiger partial charge < -0.3 is 62.7 Å². The van der Waals surface area contributed by atoms with Crippen LogP contribution in [0, 0.1) is 17.8 Å². The Bertz CT molecular complexity index is 1800. The molecule has 4 saturated heterocycles. The van der Waals surface area contributed by atoms with E-state index in [2.05, 4.69) is 5.32 Å². The molecular formula is C47H73N3O14. The first kappa shape index (κ1) is 49.8. The highest BCUT2D eigenvalue weighted by molar-refractivity contribution is 5.81. The summed E-state index contributed by atoms with van der Waals surface area (Å²) in [7, 11) is 5.36. The minimum atomic E-state index is -1.38. The second kappa shape index (κ2) is 20.1. The molecule has 18 atom stereocenters. The molecule has 2 bridgehead atoms. The van der Waals surface area contributed by atoms with E-state index in [1.54, 1.807) is 27.9 Å². The van der Waals surface area contributed by atoms with Crippen LogP contribution in [0.3, 0.4) is 0 Å². The predicted octanol–water partition coefficient (Wildman–Crippen LogP) is 5.56. The number of carbonyl (C=O) groups excluding carboxylic acids is 3. The van der Waals surface area contributed by atoms with Crippen molar-refractivity contribution in [3.63, 3.8) is 0 Å². The van der Waals surface area contributed by atoms with Crippen LogP contribution in [0.25, 0.3) is 0 Å². The van der Waals surface area contributed by atoms with E-state index in [4.69, 9.17) is 52.4 Å². The number of fused-ring (bicyclic) bond motifs is 3. The maximum Gasteiger partial charge on any atom is 0.509 e. The number of rotatable bonds is 11. The van der Waals surface area contributed by atoms with Gasteiger partial charge in [-0.2, -0.15) is 0 Å². The zero-order valence-corrected chi connectivity index (χ0v) is 39.9. The average molecular weight is 904 g/mol. The number of ether oxygens (including phenoxy) is 10. The molecule has 1 amide bonds. The SMILES string of the molecule is CC[C@H]1OC(=O)[C@H](C)[C@@H](O[C@H]2C[C@@](C)(OC)[C@@H](OC(=O)NCCc3ccccc3)[C@H](C)O2)[C@H](C)[C@@H](O[C@@H]2O[C@H](C)C[C@H](N(C)C)[C@H]2O)[C@@]2(C)C[C@@H](C)C(=N[C@H](C)[C@H]3OC(=O)O[C@]31C)O2. The first-order chi connectivity index (χ1) is 30.1. The van der Waals surface area contributed by atoms with Crippen molar-refractivity contribution in [1.29, 1.82) is 0 Å². The summed E-state index contributed by atoms with van der Waals surface area (Å²) in [5.41, 5.74) is -2.48. The van der Waals surface area contributed by atoms with E-state index < -0.39 is 108 Å². The van der Waals surface area contributed by atoms with Crippen LogP contribution < -0.4 is 5.32 Å². The largest absolute Gasteiger partial charge is 0.509 e. The summed E-state index contributed by atoms with van der Waals surface area (Å²) in [4.78, 5) is 47.6. The Hall–Kier alpha value is -3.58. The zero-order chi connectivity index (χ0) is 46.9. The quantitative estimate of drug-likeness (QED) is 0.207. The lowest BCUT2D eigenvalue weighted by Crippen LogP contribution is -2.61. The van der Waals surface area contributed by atoms with Crippen LogP contribution in [0.1, 0.15) is 100 Å². The molecule has 5 aliphatic heterocycles. The number of carbonyl (C=O) groups is 3. The molecule has 17 heteroatoms. The van der Waals surface area contributed by atoms with Gasteiger partial charge >= 0.3 is 18.2 Å². The van der Waals surface area contributed by atoms with E-state index >= 15 is 0 Å². The Labute approximate surface area is 378 Å². The van der Waals surface area contributed by atoms with Crippen molar-refractivity contribution in [1.82, 2.24) is 10.2 Å². The molecule has 5 heterocycles. The van der Waals surface area contributed by atoms with E-state index in [9.17, 15) is 19.5 Å². The molecule has 360 valence electrons. The third-order valence-electron chi connectivity index (χ3n) is 14.1. The Morgan fingerprint density at radius 3 is 2.31 bits per heavy atom. The van der Waals surface area contributed by atoms with Gasteiger partial charge in [0.25, 0.3) is 0 Å². The molecule has 0 aliphatic carbocycles. The van der Waals surface area contributed by atoms with Crippen molar-refractivity contribution in [2.45, 2.75) is 192 Å². The van der Waals surface area contributed by atoms with Crippen LogP contribution in [0.2, 0.25) is 0 Å². The van der Waals surface area contributed by atoms with E-state index in [-0.39, 0.29) is 24.5 Å². The summed E-state index contributed by atoms with van der Waals surface area (Å²) in [6, 6.07) is 8.92.